The molecule has 1 N–H and O–H groups in total. The summed E-state index contributed by atoms with van der Waals surface area (Å²) in [6.45, 7) is 4.60. The highest BCUT2D eigenvalue weighted by atomic mass is 16.5. The lowest BCUT2D eigenvalue weighted by molar-refractivity contribution is -0.160. The Kier molecular flexibility index (Phi) is 5.75. The number of nitrogens with zero attached hydrogens (tertiary/aromatic N) is 1. The summed E-state index contributed by atoms with van der Waals surface area (Å²) in [4.78, 5) is 25.1. The Labute approximate surface area is 113 Å². The van der Waals surface area contributed by atoms with Crippen LogP contribution in [-0.2, 0) is 19.1 Å². The normalized spacial score (nSPS) is 23.1. The number of ether oxygens (including phenoxy) is 2. The number of hydrogen-bond acceptors (Lipinski definition) is 4. The van der Waals surface area contributed by atoms with Gasteiger partial charge in [-0.3, -0.25) is 4.79 Å². The molecule has 6 nitrogen and oxygen atoms in total. The first-order valence-corrected chi connectivity index (χ1v) is 6.58. The average molecular weight is 273 g/mol. The van der Waals surface area contributed by atoms with Gasteiger partial charge in [-0.25, -0.2) is 4.79 Å². The molecule has 110 valence electrons. The van der Waals surface area contributed by atoms with Crippen LogP contribution >= 0.6 is 0 Å². The Morgan fingerprint density at radius 2 is 2.11 bits per heavy atom. The van der Waals surface area contributed by atoms with E-state index in [9.17, 15) is 14.7 Å². The molecule has 19 heavy (non-hydrogen) atoms. The third-order valence-corrected chi connectivity index (χ3v) is 3.34. The largest absolute Gasteiger partial charge is 0.479 e. The summed E-state index contributed by atoms with van der Waals surface area (Å²) in [6.07, 6.45) is 1.39. The van der Waals surface area contributed by atoms with Gasteiger partial charge in [-0.05, 0) is 26.7 Å². The fourth-order valence-corrected chi connectivity index (χ4v) is 2.43. The minimum absolute atomic E-state index is 0.0269. The van der Waals surface area contributed by atoms with Gasteiger partial charge in [-0.1, -0.05) is 0 Å². The number of hydrogen-bond donors (Lipinski definition) is 1. The Balaban J connectivity index is 2.68. The van der Waals surface area contributed by atoms with Crippen LogP contribution in [0.1, 0.15) is 33.1 Å². The van der Waals surface area contributed by atoms with E-state index < -0.39 is 11.5 Å². The van der Waals surface area contributed by atoms with E-state index in [1.807, 2.05) is 13.8 Å². The third kappa shape index (κ3) is 3.67. The predicted octanol–water partition coefficient (Wildman–Crippen LogP) is 0.894. The van der Waals surface area contributed by atoms with E-state index in [2.05, 4.69) is 0 Å². The smallest absolute Gasteiger partial charge is 0.332 e. The first kappa shape index (κ1) is 15.9. The lowest BCUT2D eigenvalue weighted by atomic mass is 9.97. The van der Waals surface area contributed by atoms with Crippen molar-refractivity contribution in [2.45, 2.75) is 44.8 Å². The Bertz CT molecular complexity index is 331. The van der Waals surface area contributed by atoms with Gasteiger partial charge in [0.2, 0.25) is 5.91 Å². The first-order chi connectivity index (χ1) is 8.94. The highest BCUT2D eigenvalue weighted by Gasteiger charge is 2.49. The molecule has 1 rings (SSSR count). The topological polar surface area (TPSA) is 76.1 Å². The van der Waals surface area contributed by atoms with Crippen LogP contribution in [0.3, 0.4) is 0 Å². The molecule has 0 aromatic heterocycles. The Hall–Kier alpha value is -1.14. The summed E-state index contributed by atoms with van der Waals surface area (Å²) < 4.78 is 10.3. The van der Waals surface area contributed by atoms with E-state index >= 15 is 0 Å². The number of aliphatic carboxylic acids is 1. The van der Waals surface area contributed by atoms with Crippen LogP contribution < -0.4 is 0 Å². The van der Waals surface area contributed by atoms with Crippen LogP contribution in [0.4, 0.5) is 0 Å². The highest BCUT2D eigenvalue weighted by molar-refractivity contribution is 5.88. The van der Waals surface area contributed by atoms with E-state index in [1.54, 1.807) is 0 Å². The molecule has 1 amide bonds. The Morgan fingerprint density at radius 3 is 2.63 bits per heavy atom. The van der Waals surface area contributed by atoms with Crippen LogP contribution in [0.5, 0.6) is 0 Å². The second-order valence-electron chi connectivity index (χ2n) is 5.09. The SMILES string of the molecule is COCC1(C(=O)O)CCCN1C(=O)CCOC(C)C. The number of methoxy groups -OCH3 is 1. The molecule has 1 heterocycles. The summed E-state index contributed by atoms with van der Waals surface area (Å²) in [7, 11) is 1.45. The van der Waals surface area contributed by atoms with Gasteiger partial charge in [0, 0.05) is 13.7 Å². The summed E-state index contributed by atoms with van der Waals surface area (Å²) in [5.41, 5.74) is -1.20. The molecular formula is C13H23NO5. The molecule has 1 unspecified atom stereocenters. The van der Waals surface area contributed by atoms with Crippen LogP contribution in [0, 0.1) is 0 Å². The summed E-state index contributed by atoms with van der Waals surface area (Å²) >= 11 is 0. The monoisotopic (exact) mass is 273 g/mol. The summed E-state index contributed by atoms with van der Waals surface area (Å²) in [5.74, 6) is -1.18. The number of carboxylic acids is 1. The maximum atomic E-state index is 12.1. The first-order valence-electron chi connectivity index (χ1n) is 6.58. The van der Waals surface area contributed by atoms with Crippen LogP contribution in [-0.4, -0.2) is 60.4 Å². The molecule has 0 saturated carbocycles. The standard InChI is InChI=1S/C13H23NO5/c1-10(2)19-8-5-11(15)14-7-4-6-13(14,9-18-3)12(16)17/h10H,4-9H2,1-3H3,(H,16,17). The number of carboxylic acid groups (broad SMARTS) is 1. The van der Waals surface area contributed by atoms with Crippen molar-refractivity contribution in [3.63, 3.8) is 0 Å². The van der Waals surface area contributed by atoms with Crippen molar-refractivity contribution < 1.29 is 24.2 Å². The van der Waals surface area contributed by atoms with Gasteiger partial charge in [0.1, 0.15) is 0 Å². The molecule has 0 aliphatic carbocycles. The van der Waals surface area contributed by atoms with Crippen LogP contribution in [0.2, 0.25) is 0 Å². The van der Waals surface area contributed by atoms with Crippen molar-refractivity contribution in [1.29, 1.82) is 0 Å². The highest BCUT2D eigenvalue weighted by Crippen LogP contribution is 2.30. The second-order valence-corrected chi connectivity index (χ2v) is 5.09. The molecule has 0 aromatic rings. The summed E-state index contributed by atoms with van der Waals surface area (Å²) in [5, 5.41) is 9.42. The van der Waals surface area contributed by atoms with E-state index in [-0.39, 0.29) is 25.0 Å². The molecule has 6 heteroatoms. The van der Waals surface area contributed by atoms with Crippen molar-refractivity contribution in [3.05, 3.63) is 0 Å². The van der Waals surface area contributed by atoms with Crippen molar-refractivity contribution in [3.8, 4) is 0 Å². The molecule has 0 aromatic carbocycles. The van der Waals surface area contributed by atoms with E-state index in [1.165, 1.54) is 12.0 Å². The van der Waals surface area contributed by atoms with Crippen molar-refractivity contribution in [2.75, 3.05) is 26.9 Å². The molecule has 0 bridgehead atoms. The molecule has 1 fully saturated rings. The van der Waals surface area contributed by atoms with Gasteiger partial charge in [-0.2, -0.15) is 0 Å². The summed E-state index contributed by atoms with van der Waals surface area (Å²) in [6, 6.07) is 0. The van der Waals surface area contributed by atoms with E-state index in [0.29, 0.717) is 26.0 Å². The van der Waals surface area contributed by atoms with E-state index in [0.717, 1.165) is 0 Å². The number of carbonyl (C=O) groups excluding carboxylic acids is 1. The van der Waals surface area contributed by atoms with Crippen molar-refractivity contribution in [2.24, 2.45) is 0 Å². The van der Waals surface area contributed by atoms with Crippen LogP contribution in [0.25, 0.3) is 0 Å². The Morgan fingerprint density at radius 1 is 1.42 bits per heavy atom. The molecule has 1 aliphatic rings. The van der Waals surface area contributed by atoms with Gasteiger partial charge in [0.05, 0.1) is 25.7 Å². The minimum Gasteiger partial charge on any atom is -0.479 e. The number of carbonyl (C=O) groups is 2. The maximum absolute atomic E-state index is 12.1. The second kappa shape index (κ2) is 6.86. The average Bonchev–Trinajstić information content (AvgIpc) is 2.74. The lowest BCUT2D eigenvalue weighted by Gasteiger charge is -2.34. The molecule has 1 aliphatic heterocycles. The predicted molar refractivity (Wildman–Crippen MR) is 68.9 cm³/mol. The molecule has 0 spiro atoms. The van der Waals surface area contributed by atoms with E-state index in [4.69, 9.17) is 9.47 Å². The zero-order valence-corrected chi connectivity index (χ0v) is 11.8. The van der Waals surface area contributed by atoms with Gasteiger partial charge >= 0.3 is 5.97 Å². The third-order valence-electron chi connectivity index (χ3n) is 3.34. The molecular weight excluding hydrogens is 250 g/mol. The fraction of sp³-hybridized carbons (Fsp3) is 0.846. The zero-order chi connectivity index (χ0) is 14.5. The van der Waals surface area contributed by atoms with Gasteiger partial charge in [0.15, 0.2) is 5.54 Å². The van der Waals surface area contributed by atoms with Crippen LogP contribution in [0.15, 0.2) is 0 Å². The number of amides is 1. The van der Waals surface area contributed by atoms with Gasteiger partial charge in [-0.15, -0.1) is 0 Å². The molecule has 1 atom stereocenters. The maximum Gasteiger partial charge on any atom is 0.332 e. The fourth-order valence-electron chi connectivity index (χ4n) is 2.43. The molecule has 0 radical (unpaired) electrons. The number of rotatable bonds is 7. The lowest BCUT2D eigenvalue weighted by Crippen LogP contribution is -2.56. The van der Waals surface area contributed by atoms with Gasteiger partial charge in [0.25, 0.3) is 0 Å². The molecule has 1 saturated heterocycles. The van der Waals surface area contributed by atoms with Crippen molar-refractivity contribution in [1.82, 2.24) is 4.90 Å². The zero-order valence-electron chi connectivity index (χ0n) is 11.8. The van der Waals surface area contributed by atoms with Crippen molar-refractivity contribution >= 4 is 11.9 Å². The number of likely N-dealkylation sites (tertiary alicyclic amines) is 1. The van der Waals surface area contributed by atoms with Gasteiger partial charge < -0.3 is 19.5 Å². The minimum atomic E-state index is -1.20. The quantitative estimate of drug-likeness (QED) is 0.745.